The number of methoxy groups -OCH3 is 1. The molecule has 1 aliphatic heterocycles. The minimum Gasteiger partial charge on any atom is -0.496 e. The fourth-order valence-electron chi connectivity index (χ4n) is 2.55. The van der Waals surface area contributed by atoms with Gasteiger partial charge < -0.3 is 10.1 Å². The zero-order chi connectivity index (χ0) is 15.5. The van der Waals surface area contributed by atoms with E-state index in [-0.39, 0.29) is 6.04 Å². The van der Waals surface area contributed by atoms with Gasteiger partial charge in [0.25, 0.3) is 0 Å². The van der Waals surface area contributed by atoms with Crippen molar-refractivity contribution in [1.82, 2.24) is 9.62 Å². The number of rotatable bonds is 6. The molecule has 2 rings (SSSR count). The second-order valence-electron chi connectivity index (χ2n) is 5.06. The summed E-state index contributed by atoms with van der Waals surface area (Å²) >= 11 is 3.35. The van der Waals surface area contributed by atoms with E-state index in [0.29, 0.717) is 21.7 Å². The van der Waals surface area contributed by atoms with E-state index in [1.807, 2.05) is 6.92 Å². The largest absolute Gasteiger partial charge is 0.496 e. The van der Waals surface area contributed by atoms with Crippen LogP contribution in [-0.4, -0.2) is 45.5 Å². The fraction of sp³-hybridized carbons (Fsp3) is 0.571. The van der Waals surface area contributed by atoms with E-state index in [4.69, 9.17) is 4.74 Å². The topological polar surface area (TPSA) is 58.6 Å². The molecular weight excluding hydrogens is 356 g/mol. The third-order valence-corrected chi connectivity index (χ3v) is 6.18. The van der Waals surface area contributed by atoms with Crippen LogP contribution in [0.25, 0.3) is 0 Å². The maximum Gasteiger partial charge on any atom is 0.243 e. The molecule has 1 heterocycles. The molecule has 1 unspecified atom stereocenters. The van der Waals surface area contributed by atoms with Gasteiger partial charge in [0.05, 0.1) is 16.5 Å². The van der Waals surface area contributed by atoms with Gasteiger partial charge in [0.2, 0.25) is 10.0 Å². The van der Waals surface area contributed by atoms with E-state index in [1.54, 1.807) is 29.6 Å². The molecule has 0 saturated carbocycles. The molecule has 0 bridgehead atoms. The molecule has 0 amide bonds. The predicted molar refractivity (Wildman–Crippen MR) is 86.2 cm³/mol. The number of hydrogen-bond acceptors (Lipinski definition) is 4. The van der Waals surface area contributed by atoms with Crippen LogP contribution < -0.4 is 10.1 Å². The normalized spacial score (nSPS) is 19.1. The maximum atomic E-state index is 12.9. The van der Waals surface area contributed by atoms with Gasteiger partial charge >= 0.3 is 0 Å². The average molecular weight is 377 g/mol. The van der Waals surface area contributed by atoms with E-state index < -0.39 is 10.0 Å². The molecular formula is C14H21BrN2O3S. The summed E-state index contributed by atoms with van der Waals surface area (Å²) in [5.41, 5.74) is 0. The first kappa shape index (κ1) is 16.7. The second-order valence-corrected chi connectivity index (χ2v) is 7.80. The van der Waals surface area contributed by atoms with Crippen molar-refractivity contribution in [3.63, 3.8) is 0 Å². The zero-order valence-corrected chi connectivity index (χ0v) is 14.7. The minimum absolute atomic E-state index is 0.0378. The molecule has 7 heteroatoms. The summed E-state index contributed by atoms with van der Waals surface area (Å²) in [7, 11) is -1.93. The van der Waals surface area contributed by atoms with Crippen LogP contribution in [0, 0.1) is 0 Å². The Kier molecular flexibility index (Phi) is 5.65. The second kappa shape index (κ2) is 7.09. The third kappa shape index (κ3) is 3.59. The van der Waals surface area contributed by atoms with Crippen molar-refractivity contribution in [2.24, 2.45) is 0 Å². The van der Waals surface area contributed by atoms with Gasteiger partial charge in [-0.05, 0) is 53.5 Å². The van der Waals surface area contributed by atoms with E-state index in [2.05, 4.69) is 21.2 Å². The highest BCUT2D eigenvalue weighted by Gasteiger charge is 2.32. The predicted octanol–water partition coefficient (Wildman–Crippen LogP) is 2.22. The lowest BCUT2D eigenvalue weighted by Crippen LogP contribution is -2.42. The highest BCUT2D eigenvalue weighted by Crippen LogP contribution is 2.30. The van der Waals surface area contributed by atoms with Crippen LogP contribution >= 0.6 is 15.9 Å². The summed E-state index contributed by atoms with van der Waals surface area (Å²) in [6, 6.07) is 4.92. The molecule has 0 spiro atoms. The lowest BCUT2D eigenvalue weighted by Gasteiger charge is -2.27. The molecule has 1 aromatic carbocycles. The Morgan fingerprint density at radius 1 is 1.48 bits per heavy atom. The molecule has 1 fully saturated rings. The molecule has 0 aliphatic carbocycles. The van der Waals surface area contributed by atoms with Crippen molar-refractivity contribution in [3.8, 4) is 5.75 Å². The summed E-state index contributed by atoms with van der Waals surface area (Å²) in [6.07, 6.45) is 1.66. The van der Waals surface area contributed by atoms with Crippen molar-refractivity contribution in [2.45, 2.75) is 30.7 Å². The van der Waals surface area contributed by atoms with Crippen molar-refractivity contribution in [1.29, 1.82) is 0 Å². The standard InChI is InChI=1S/C14H21BrN2O3S/c1-3-8-17(11-6-7-16-10-11)21(18,19)12-4-5-14(20-2)13(15)9-12/h4-5,9,11,16H,3,6-8,10H2,1-2H3. The molecule has 21 heavy (non-hydrogen) atoms. The molecule has 1 aromatic rings. The van der Waals surface area contributed by atoms with Gasteiger partial charge in [-0.1, -0.05) is 6.92 Å². The Morgan fingerprint density at radius 2 is 2.24 bits per heavy atom. The number of nitrogens with one attached hydrogen (secondary N) is 1. The number of ether oxygens (including phenoxy) is 1. The minimum atomic E-state index is -3.49. The maximum absolute atomic E-state index is 12.9. The van der Waals surface area contributed by atoms with Crippen LogP contribution in [0.5, 0.6) is 5.75 Å². The number of hydrogen-bond donors (Lipinski definition) is 1. The molecule has 118 valence electrons. The van der Waals surface area contributed by atoms with Crippen LogP contribution in [-0.2, 0) is 10.0 Å². The van der Waals surface area contributed by atoms with Crippen LogP contribution in [0.1, 0.15) is 19.8 Å². The van der Waals surface area contributed by atoms with Gasteiger partial charge in [0.15, 0.2) is 0 Å². The van der Waals surface area contributed by atoms with Gasteiger partial charge in [0, 0.05) is 19.1 Å². The van der Waals surface area contributed by atoms with Gasteiger partial charge in [-0.15, -0.1) is 0 Å². The fourth-order valence-corrected chi connectivity index (χ4v) is 5.01. The molecule has 0 aromatic heterocycles. The third-order valence-electron chi connectivity index (χ3n) is 3.62. The highest BCUT2D eigenvalue weighted by molar-refractivity contribution is 9.10. The Hall–Kier alpha value is -0.630. The Morgan fingerprint density at radius 3 is 2.76 bits per heavy atom. The Balaban J connectivity index is 2.35. The lowest BCUT2D eigenvalue weighted by molar-refractivity contribution is 0.335. The summed E-state index contributed by atoms with van der Waals surface area (Å²) in [5, 5.41) is 3.23. The average Bonchev–Trinajstić information content (AvgIpc) is 2.98. The first-order valence-corrected chi connectivity index (χ1v) is 9.30. The van der Waals surface area contributed by atoms with Gasteiger partial charge in [-0.2, -0.15) is 4.31 Å². The van der Waals surface area contributed by atoms with E-state index in [9.17, 15) is 8.42 Å². The van der Waals surface area contributed by atoms with E-state index in [0.717, 1.165) is 25.9 Å². The van der Waals surface area contributed by atoms with Crippen molar-refractivity contribution in [3.05, 3.63) is 22.7 Å². The molecule has 0 radical (unpaired) electrons. The van der Waals surface area contributed by atoms with Crippen molar-refractivity contribution in [2.75, 3.05) is 26.7 Å². The summed E-state index contributed by atoms with van der Waals surface area (Å²) in [4.78, 5) is 0.301. The number of sulfonamides is 1. The summed E-state index contributed by atoms with van der Waals surface area (Å²) in [6.45, 7) is 4.12. The van der Waals surface area contributed by atoms with E-state index >= 15 is 0 Å². The summed E-state index contributed by atoms with van der Waals surface area (Å²) in [5.74, 6) is 0.624. The quantitative estimate of drug-likeness (QED) is 0.826. The van der Waals surface area contributed by atoms with Crippen LogP contribution in [0.15, 0.2) is 27.6 Å². The van der Waals surface area contributed by atoms with Gasteiger partial charge in [-0.3, -0.25) is 0 Å². The first-order chi connectivity index (χ1) is 10.0. The number of benzene rings is 1. The monoisotopic (exact) mass is 376 g/mol. The van der Waals surface area contributed by atoms with Crippen LogP contribution in [0.4, 0.5) is 0 Å². The molecule has 1 aliphatic rings. The highest BCUT2D eigenvalue weighted by atomic mass is 79.9. The van der Waals surface area contributed by atoms with Gasteiger partial charge in [0.1, 0.15) is 5.75 Å². The van der Waals surface area contributed by atoms with E-state index in [1.165, 1.54) is 0 Å². The lowest BCUT2D eigenvalue weighted by atomic mass is 10.2. The molecule has 1 saturated heterocycles. The Bertz CT molecular complexity index is 586. The van der Waals surface area contributed by atoms with Crippen molar-refractivity contribution < 1.29 is 13.2 Å². The molecule has 1 N–H and O–H groups in total. The SMILES string of the molecule is CCCN(C1CCNC1)S(=O)(=O)c1ccc(OC)c(Br)c1. The van der Waals surface area contributed by atoms with Crippen LogP contribution in [0.2, 0.25) is 0 Å². The Labute approximate surface area is 134 Å². The molecule has 5 nitrogen and oxygen atoms in total. The van der Waals surface area contributed by atoms with Crippen LogP contribution in [0.3, 0.4) is 0 Å². The first-order valence-electron chi connectivity index (χ1n) is 7.06. The smallest absolute Gasteiger partial charge is 0.243 e. The van der Waals surface area contributed by atoms with Gasteiger partial charge in [-0.25, -0.2) is 8.42 Å². The van der Waals surface area contributed by atoms with Crippen molar-refractivity contribution >= 4 is 26.0 Å². The zero-order valence-electron chi connectivity index (χ0n) is 12.3. The number of halogens is 1. The summed E-state index contributed by atoms with van der Waals surface area (Å²) < 4.78 is 33.2. The number of nitrogens with zero attached hydrogens (tertiary/aromatic N) is 1. The molecule has 1 atom stereocenters.